The Bertz CT molecular complexity index is 651. The summed E-state index contributed by atoms with van der Waals surface area (Å²) in [6.07, 6.45) is 3.77. The van der Waals surface area contributed by atoms with Gasteiger partial charge in [0.05, 0.1) is 11.2 Å². The summed E-state index contributed by atoms with van der Waals surface area (Å²) in [5.74, 6) is 0. The Morgan fingerprint density at radius 3 is 2.30 bits per heavy atom. The van der Waals surface area contributed by atoms with Crippen LogP contribution in [0, 0.1) is 6.92 Å². The summed E-state index contributed by atoms with van der Waals surface area (Å²) in [5, 5.41) is 2.34. The molecule has 0 saturated carbocycles. The van der Waals surface area contributed by atoms with Gasteiger partial charge in [0, 0.05) is 12.4 Å². The third-order valence-corrected chi connectivity index (χ3v) is 4.51. The van der Waals surface area contributed by atoms with Gasteiger partial charge >= 0.3 is 7.12 Å². The fourth-order valence-corrected chi connectivity index (χ4v) is 2.47. The van der Waals surface area contributed by atoms with Crippen molar-refractivity contribution in [3.63, 3.8) is 0 Å². The van der Waals surface area contributed by atoms with Crippen LogP contribution in [0.25, 0.3) is 10.8 Å². The lowest BCUT2D eigenvalue weighted by Crippen LogP contribution is -2.41. The molecule has 1 aliphatic heterocycles. The number of fused-ring (bicyclic) bond motifs is 1. The van der Waals surface area contributed by atoms with Crippen LogP contribution in [-0.4, -0.2) is 23.3 Å². The second kappa shape index (κ2) is 4.30. The number of hydrogen-bond acceptors (Lipinski definition) is 3. The van der Waals surface area contributed by atoms with E-state index in [0.29, 0.717) is 0 Å². The van der Waals surface area contributed by atoms with E-state index in [1.54, 1.807) is 0 Å². The van der Waals surface area contributed by atoms with Crippen LogP contribution < -0.4 is 5.46 Å². The fraction of sp³-hybridized carbons (Fsp3) is 0.438. The molecule has 0 atom stereocenters. The van der Waals surface area contributed by atoms with Gasteiger partial charge in [-0.15, -0.1) is 0 Å². The molecule has 1 aromatic heterocycles. The lowest BCUT2D eigenvalue weighted by Gasteiger charge is -2.32. The topological polar surface area (TPSA) is 31.4 Å². The van der Waals surface area contributed by atoms with Crippen molar-refractivity contribution in [2.24, 2.45) is 0 Å². The van der Waals surface area contributed by atoms with Gasteiger partial charge in [-0.05, 0) is 56.4 Å². The van der Waals surface area contributed by atoms with Crippen LogP contribution in [0.15, 0.2) is 30.6 Å². The Morgan fingerprint density at radius 1 is 1.00 bits per heavy atom. The molecule has 0 unspecified atom stereocenters. The maximum Gasteiger partial charge on any atom is 0.494 e. The molecule has 1 aliphatic rings. The van der Waals surface area contributed by atoms with Crippen molar-refractivity contribution >= 4 is 23.4 Å². The zero-order chi connectivity index (χ0) is 14.5. The van der Waals surface area contributed by atoms with Crippen molar-refractivity contribution in [3.8, 4) is 0 Å². The summed E-state index contributed by atoms with van der Waals surface area (Å²) >= 11 is 0. The van der Waals surface area contributed by atoms with E-state index in [9.17, 15) is 0 Å². The first-order valence-electron chi connectivity index (χ1n) is 7.00. The lowest BCUT2D eigenvalue weighted by molar-refractivity contribution is 0.00578. The third-order valence-electron chi connectivity index (χ3n) is 4.51. The second-order valence-corrected chi connectivity index (χ2v) is 6.53. The van der Waals surface area contributed by atoms with Crippen LogP contribution in [0.5, 0.6) is 0 Å². The van der Waals surface area contributed by atoms with Crippen LogP contribution >= 0.6 is 0 Å². The zero-order valence-corrected chi connectivity index (χ0v) is 12.7. The highest BCUT2D eigenvalue weighted by Gasteiger charge is 2.51. The Balaban J connectivity index is 2.00. The summed E-state index contributed by atoms with van der Waals surface area (Å²) in [7, 11) is -0.315. The van der Waals surface area contributed by atoms with Crippen LogP contribution in [0.4, 0.5) is 0 Å². The standard InChI is InChI=1S/C16H20BNO2/c1-11-9-18-10-12-8-13(6-7-14(11)12)17-19-15(2,3)16(4,5)20-17/h6-10H,1-5H3. The first kappa shape index (κ1) is 13.6. The number of nitrogens with zero attached hydrogens (tertiary/aromatic N) is 1. The Kier molecular flexibility index (Phi) is 2.92. The number of hydrogen-bond donors (Lipinski definition) is 0. The average molecular weight is 269 g/mol. The molecule has 1 fully saturated rings. The summed E-state index contributed by atoms with van der Waals surface area (Å²) < 4.78 is 12.2. The van der Waals surface area contributed by atoms with Crippen LogP contribution in [0.3, 0.4) is 0 Å². The maximum absolute atomic E-state index is 6.09. The summed E-state index contributed by atoms with van der Waals surface area (Å²) in [6.45, 7) is 10.4. The summed E-state index contributed by atoms with van der Waals surface area (Å²) in [5.41, 5.74) is 1.61. The minimum absolute atomic E-state index is 0.308. The monoisotopic (exact) mass is 269 g/mol. The second-order valence-electron chi connectivity index (χ2n) is 6.53. The molecule has 1 saturated heterocycles. The summed E-state index contributed by atoms with van der Waals surface area (Å²) in [4.78, 5) is 4.26. The minimum atomic E-state index is -0.315. The van der Waals surface area contributed by atoms with Gasteiger partial charge < -0.3 is 9.31 Å². The number of aryl methyl sites for hydroxylation is 1. The van der Waals surface area contributed by atoms with E-state index in [4.69, 9.17) is 9.31 Å². The highest BCUT2D eigenvalue weighted by Crippen LogP contribution is 2.36. The molecule has 1 aromatic carbocycles. The third kappa shape index (κ3) is 2.04. The van der Waals surface area contributed by atoms with Gasteiger partial charge in [0.2, 0.25) is 0 Å². The molecular formula is C16H20BNO2. The van der Waals surface area contributed by atoms with Gasteiger partial charge in [-0.25, -0.2) is 0 Å². The molecule has 20 heavy (non-hydrogen) atoms. The van der Waals surface area contributed by atoms with E-state index in [1.807, 2.05) is 12.4 Å². The number of benzene rings is 1. The van der Waals surface area contributed by atoms with E-state index in [0.717, 1.165) is 10.8 Å². The van der Waals surface area contributed by atoms with E-state index in [1.165, 1.54) is 10.9 Å². The van der Waals surface area contributed by atoms with Crippen molar-refractivity contribution in [2.75, 3.05) is 0 Å². The quantitative estimate of drug-likeness (QED) is 0.746. The van der Waals surface area contributed by atoms with Crippen molar-refractivity contribution in [1.82, 2.24) is 4.98 Å². The number of pyridine rings is 1. The number of rotatable bonds is 1. The summed E-state index contributed by atoms with van der Waals surface area (Å²) in [6, 6.07) is 6.31. The number of aromatic nitrogens is 1. The predicted molar refractivity (Wildman–Crippen MR) is 82.2 cm³/mol. The van der Waals surface area contributed by atoms with Crippen molar-refractivity contribution in [3.05, 3.63) is 36.2 Å². The molecule has 104 valence electrons. The van der Waals surface area contributed by atoms with E-state index >= 15 is 0 Å². The Morgan fingerprint density at radius 2 is 1.65 bits per heavy atom. The normalized spacial score (nSPS) is 20.6. The van der Waals surface area contributed by atoms with Crippen molar-refractivity contribution < 1.29 is 9.31 Å². The largest absolute Gasteiger partial charge is 0.494 e. The molecule has 0 aliphatic carbocycles. The van der Waals surface area contributed by atoms with Gasteiger partial charge in [0.1, 0.15) is 0 Å². The lowest BCUT2D eigenvalue weighted by atomic mass is 9.78. The first-order chi connectivity index (χ1) is 9.30. The molecule has 0 spiro atoms. The molecule has 0 amide bonds. The van der Waals surface area contributed by atoms with E-state index in [2.05, 4.69) is 57.8 Å². The van der Waals surface area contributed by atoms with E-state index < -0.39 is 0 Å². The van der Waals surface area contributed by atoms with Crippen LogP contribution in [0.1, 0.15) is 33.3 Å². The molecule has 0 radical (unpaired) electrons. The molecule has 0 N–H and O–H groups in total. The van der Waals surface area contributed by atoms with Crippen molar-refractivity contribution in [2.45, 2.75) is 45.8 Å². The predicted octanol–water partition coefficient (Wildman–Crippen LogP) is 2.84. The van der Waals surface area contributed by atoms with Crippen LogP contribution in [-0.2, 0) is 9.31 Å². The van der Waals surface area contributed by atoms with Gasteiger partial charge in [-0.2, -0.15) is 0 Å². The Hall–Kier alpha value is -1.39. The minimum Gasteiger partial charge on any atom is -0.399 e. The molecule has 3 rings (SSSR count). The molecular weight excluding hydrogens is 249 g/mol. The Labute approximate surface area is 120 Å². The SMILES string of the molecule is Cc1cncc2cc(B3OC(C)(C)C(C)(C)O3)ccc12. The van der Waals surface area contributed by atoms with Gasteiger partial charge in [-0.3, -0.25) is 4.98 Å². The molecule has 3 nitrogen and oxygen atoms in total. The zero-order valence-electron chi connectivity index (χ0n) is 12.7. The van der Waals surface area contributed by atoms with Gasteiger partial charge in [-0.1, -0.05) is 18.2 Å². The smallest absolute Gasteiger partial charge is 0.399 e. The first-order valence-corrected chi connectivity index (χ1v) is 7.00. The maximum atomic E-state index is 6.09. The van der Waals surface area contributed by atoms with Gasteiger partial charge in [0.25, 0.3) is 0 Å². The fourth-order valence-electron chi connectivity index (χ4n) is 2.47. The van der Waals surface area contributed by atoms with E-state index in [-0.39, 0.29) is 18.3 Å². The van der Waals surface area contributed by atoms with Crippen LogP contribution in [0.2, 0.25) is 0 Å². The van der Waals surface area contributed by atoms with Crippen molar-refractivity contribution in [1.29, 1.82) is 0 Å². The van der Waals surface area contributed by atoms with Gasteiger partial charge in [0.15, 0.2) is 0 Å². The molecule has 0 bridgehead atoms. The molecule has 2 heterocycles. The highest BCUT2D eigenvalue weighted by molar-refractivity contribution is 6.62. The molecule has 4 heteroatoms. The average Bonchev–Trinajstić information content (AvgIpc) is 2.58. The highest BCUT2D eigenvalue weighted by atomic mass is 16.7. The molecule has 2 aromatic rings.